The summed E-state index contributed by atoms with van der Waals surface area (Å²) in [6.45, 7) is 0.570. The van der Waals surface area contributed by atoms with E-state index in [1.807, 2.05) is 0 Å². The maximum atomic E-state index is 13.5. The zero-order valence-corrected chi connectivity index (χ0v) is 19.2. The number of anilines is 1. The zero-order valence-electron chi connectivity index (χ0n) is 19.2. The fourth-order valence-corrected chi connectivity index (χ4v) is 7.63. The van der Waals surface area contributed by atoms with E-state index in [2.05, 4.69) is 20.9 Å². The average Bonchev–Trinajstić information content (AvgIpc) is 3.31. The van der Waals surface area contributed by atoms with Gasteiger partial charge in [0.2, 0.25) is 11.9 Å². The smallest absolute Gasteiger partial charge is 0.254 e. The van der Waals surface area contributed by atoms with Crippen molar-refractivity contribution in [2.45, 2.75) is 94.2 Å². The molecule has 2 amide bonds. The number of nitrogens with zero attached hydrogens (tertiary/aromatic N) is 2. The van der Waals surface area contributed by atoms with E-state index in [-0.39, 0.29) is 23.9 Å². The highest BCUT2D eigenvalue weighted by molar-refractivity contribution is 5.95. The average molecular weight is 454 g/mol. The molecule has 0 aromatic carbocycles. The van der Waals surface area contributed by atoms with Crippen LogP contribution in [0.25, 0.3) is 0 Å². The Balaban J connectivity index is 1.21. The van der Waals surface area contributed by atoms with Crippen molar-refractivity contribution in [2.24, 2.45) is 17.8 Å². The molecule has 8 heteroatoms. The molecule has 7 rings (SSSR count). The van der Waals surface area contributed by atoms with Crippen LogP contribution in [0.4, 0.5) is 5.95 Å². The first-order valence-corrected chi connectivity index (χ1v) is 12.9. The zero-order chi connectivity index (χ0) is 22.6. The first-order valence-electron chi connectivity index (χ1n) is 12.9. The lowest BCUT2D eigenvalue weighted by atomic mass is 9.52. The second-order valence-electron chi connectivity index (χ2n) is 11.4. The van der Waals surface area contributed by atoms with Gasteiger partial charge in [0, 0.05) is 37.2 Å². The molecule has 33 heavy (non-hydrogen) atoms. The molecule has 0 spiro atoms. The van der Waals surface area contributed by atoms with Gasteiger partial charge >= 0.3 is 0 Å². The Kier molecular flexibility index (Phi) is 5.31. The van der Waals surface area contributed by atoms with E-state index in [0.29, 0.717) is 48.1 Å². The molecule has 8 nitrogen and oxygen atoms in total. The molecule has 0 radical (unpaired) electrons. The molecule has 2 heterocycles. The van der Waals surface area contributed by atoms with E-state index >= 15 is 0 Å². The van der Waals surface area contributed by atoms with Crippen LogP contribution in [0.3, 0.4) is 0 Å². The van der Waals surface area contributed by atoms with Crippen LogP contribution >= 0.6 is 0 Å². The molecule has 5 aliphatic carbocycles. The number of nitrogens with one attached hydrogen (secondary N) is 3. The SMILES string of the molecule is O=C1CC[C@@H](Nc2ncc(C(=O)NC3C4CC5CC3CC(O)(C5)C4)c(C3CCCC3)n2)CN1. The molecular formula is C25H35N5O3. The van der Waals surface area contributed by atoms with Gasteiger partial charge < -0.3 is 21.1 Å². The van der Waals surface area contributed by atoms with E-state index in [9.17, 15) is 14.7 Å². The molecule has 178 valence electrons. The number of aromatic nitrogens is 2. The van der Waals surface area contributed by atoms with Gasteiger partial charge in [-0.25, -0.2) is 9.97 Å². The first kappa shape index (κ1) is 21.3. The van der Waals surface area contributed by atoms with Crippen LogP contribution in [-0.2, 0) is 4.79 Å². The summed E-state index contributed by atoms with van der Waals surface area (Å²) in [5.41, 5.74) is 0.976. The normalized spacial score (nSPS) is 37.7. The van der Waals surface area contributed by atoms with Crippen molar-refractivity contribution in [2.75, 3.05) is 11.9 Å². The van der Waals surface area contributed by atoms with Gasteiger partial charge in [-0.1, -0.05) is 12.8 Å². The molecule has 2 unspecified atom stereocenters. The molecule has 3 atom stereocenters. The third kappa shape index (κ3) is 4.11. The fraction of sp³-hybridized carbons (Fsp3) is 0.760. The van der Waals surface area contributed by atoms with Crippen molar-refractivity contribution >= 4 is 17.8 Å². The van der Waals surface area contributed by atoms with Crippen molar-refractivity contribution in [1.82, 2.24) is 20.6 Å². The lowest BCUT2D eigenvalue weighted by Crippen LogP contribution is -2.61. The highest BCUT2D eigenvalue weighted by atomic mass is 16.3. The summed E-state index contributed by atoms with van der Waals surface area (Å²) < 4.78 is 0. The number of rotatable bonds is 5. The molecule has 6 fully saturated rings. The van der Waals surface area contributed by atoms with Gasteiger partial charge in [0.25, 0.3) is 5.91 Å². The van der Waals surface area contributed by atoms with Gasteiger partial charge in [-0.2, -0.15) is 0 Å². The van der Waals surface area contributed by atoms with Crippen LogP contribution in [-0.4, -0.2) is 51.1 Å². The molecule has 4 N–H and O–H groups in total. The second-order valence-corrected chi connectivity index (χ2v) is 11.4. The van der Waals surface area contributed by atoms with E-state index in [1.165, 1.54) is 12.8 Å². The number of hydrogen-bond acceptors (Lipinski definition) is 6. The third-order valence-corrected chi connectivity index (χ3v) is 8.94. The summed E-state index contributed by atoms with van der Waals surface area (Å²) in [7, 11) is 0. The summed E-state index contributed by atoms with van der Waals surface area (Å²) in [4.78, 5) is 34.3. The first-order chi connectivity index (χ1) is 16.0. The summed E-state index contributed by atoms with van der Waals surface area (Å²) >= 11 is 0. The lowest BCUT2D eigenvalue weighted by Gasteiger charge is -2.58. The van der Waals surface area contributed by atoms with Crippen molar-refractivity contribution in [3.63, 3.8) is 0 Å². The Morgan fingerprint density at radius 2 is 1.88 bits per heavy atom. The second kappa shape index (κ2) is 8.22. The minimum atomic E-state index is -0.498. The van der Waals surface area contributed by atoms with Crippen LogP contribution < -0.4 is 16.0 Å². The lowest BCUT2D eigenvalue weighted by molar-refractivity contribution is -0.137. The summed E-state index contributed by atoms with van der Waals surface area (Å²) in [6.07, 6.45) is 12.2. The summed E-state index contributed by atoms with van der Waals surface area (Å²) in [6, 6.07) is 0.257. The van der Waals surface area contributed by atoms with Gasteiger partial charge in [0.15, 0.2) is 0 Å². The van der Waals surface area contributed by atoms with Crippen molar-refractivity contribution in [3.05, 3.63) is 17.5 Å². The van der Waals surface area contributed by atoms with Gasteiger partial charge in [0.05, 0.1) is 16.9 Å². The van der Waals surface area contributed by atoms with E-state index in [0.717, 1.165) is 57.1 Å². The van der Waals surface area contributed by atoms with Crippen LogP contribution in [0.5, 0.6) is 0 Å². The Morgan fingerprint density at radius 3 is 2.55 bits per heavy atom. The molecule has 1 aromatic rings. The fourth-order valence-electron chi connectivity index (χ4n) is 7.63. The maximum absolute atomic E-state index is 13.5. The standard InChI is InChI=1S/C25H35N5O3/c31-20-6-5-18(12-26-20)28-24-27-13-19(22(30-24)15-3-1-2-4-15)23(32)29-21-16-7-14-8-17(21)11-25(33,9-14)10-16/h13-18,21,33H,1-12H2,(H,26,31)(H,29,32)(H,27,28,30)/t14?,16?,17?,18-,21?,25?/m1/s1. The van der Waals surface area contributed by atoms with Gasteiger partial charge in [-0.3, -0.25) is 9.59 Å². The number of hydrogen-bond donors (Lipinski definition) is 4. The van der Waals surface area contributed by atoms with Gasteiger partial charge in [0.1, 0.15) is 0 Å². The monoisotopic (exact) mass is 453 g/mol. The molecule has 1 aliphatic heterocycles. The third-order valence-electron chi connectivity index (χ3n) is 8.94. The van der Waals surface area contributed by atoms with E-state index in [1.54, 1.807) is 6.20 Å². The van der Waals surface area contributed by atoms with Crippen molar-refractivity contribution < 1.29 is 14.7 Å². The van der Waals surface area contributed by atoms with Crippen LogP contribution in [0.1, 0.15) is 92.6 Å². The van der Waals surface area contributed by atoms with E-state index < -0.39 is 5.60 Å². The van der Waals surface area contributed by atoms with Crippen LogP contribution in [0, 0.1) is 17.8 Å². The number of aliphatic hydroxyl groups is 1. The molecule has 5 saturated carbocycles. The number of piperidine rings is 1. The highest BCUT2D eigenvalue weighted by Crippen LogP contribution is 2.55. The van der Waals surface area contributed by atoms with Crippen molar-refractivity contribution in [1.29, 1.82) is 0 Å². The molecular weight excluding hydrogens is 418 g/mol. The Labute approximate surface area is 194 Å². The van der Waals surface area contributed by atoms with Crippen molar-refractivity contribution in [3.8, 4) is 0 Å². The Morgan fingerprint density at radius 1 is 1.12 bits per heavy atom. The molecule has 1 aromatic heterocycles. The molecule has 6 aliphatic rings. The quantitative estimate of drug-likeness (QED) is 0.544. The molecule has 1 saturated heterocycles. The predicted molar refractivity (Wildman–Crippen MR) is 123 cm³/mol. The number of carbonyl (C=O) groups excluding carboxylic acids is 2. The van der Waals surface area contributed by atoms with Crippen LogP contribution in [0.15, 0.2) is 6.20 Å². The minimum absolute atomic E-state index is 0.0576. The largest absolute Gasteiger partial charge is 0.390 e. The topological polar surface area (TPSA) is 116 Å². The highest BCUT2D eigenvalue weighted by Gasteiger charge is 2.55. The Hall–Kier alpha value is -2.22. The molecule has 4 bridgehead atoms. The van der Waals surface area contributed by atoms with Gasteiger partial charge in [-0.15, -0.1) is 0 Å². The predicted octanol–water partition coefficient (Wildman–Crippen LogP) is 2.49. The Bertz CT molecular complexity index is 920. The van der Waals surface area contributed by atoms with E-state index in [4.69, 9.17) is 4.98 Å². The number of carbonyl (C=O) groups is 2. The minimum Gasteiger partial charge on any atom is -0.390 e. The summed E-state index contributed by atoms with van der Waals surface area (Å²) in [5, 5.41) is 20.5. The van der Waals surface area contributed by atoms with Gasteiger partial charge in [-0.05, 0) is 69.1 Å². The number of amides is 2. The van der Waals surface area contributed by atoms with Crippen LogP contribution in [0.2, 0.25) is 0 Å². The maximum Gasteiger partial charge on any atom is 0.254 e. The summed E-state index contributed by atoms with van der Waals surface area (Å²) in [5.74, 6) is 2.24.